The van der Waals surface area contributed by atoms with Crippen molar-refractivity contribution in [3.05, 3.63) is 11.3 Å². The van der Waals surface area contributed by atoms with E-state index in [1.165, 1.54) is 38.5 Å². The SMILES string of the molecule is COC1CC(OC)C2C(=O)[C@@]3(OC2C1Cl)C1=C(CC(C2CCCCC2)(C2CCCCC2)O1)C(=O)C[C@H]3C. The van der Waals surface area contributed by atoms with Gasteiger partial charge in [0.15, 0.2) is 17.2 Å². The van der Waals surface area contributed by atoms with Crippen LogP contribution in [0.4, 0.5) is 0 Å². The first-order valence-corrected chi connectivity index (χ1v) is 15.2. The van der Waals surface area contributed by atoms with Crippen molar-refractivity contribution < 1.29 is 28.5 Å². The van der Waals surface area contributed by atoms with E-state index in [-0.39, 0.29) is 29.7 Å². The van der Waals surface area contributed by atoms with Gasteiger partial charge in [0.2, 0.25) is 0 Å². The third kappa shape index (κ3) is 3.82. The van der Waals surface area contributed by atoms with E-state index < -0.39 is 28.6 Å². The highest BCUT2D eigenvalue weighted by Gasteiger charge is 2.70. The molecule has 0 bridgehead atoms. The molecule has 4 aliphatic carbocycles. The molecule has 0 radical (unpaired) electrons. The summed E-state index contributed by atoms with van der Waals surface area (Å²) in [4.78, 5) is 28.1. The molecule has 6 aliphatic rings. The van der Waals surface area contributed by atoms with Gasteiger partial charge in [-0.15, -0.1) is 11.6 Å². The van der Waals surface area contributed by atoms with Gasteiger partial charge in [-0.3, -0.25) is 9.59 Å². The number of alkyl halides is 1. The number of rotatable bonds is 4. The standard InChI is InChI=1S/C30H43ClO6/c1-17-14-21(32)20-16-29(18-10-6-4-7-11-18,19-12-8-5-9-13-19)37-28(20)30(17)27(33)24-22(34-2)15-23(35-3)25(31)26(24)36-30/h17-19,22-26H,4-16H2,1-3H3/t17-,22?,23?,24?,25?,26?,30-/m1/s1. The minimum atomic E-state index is -1.27. The van der Waals surface area contributed by atoms with Crippen LogP contribution in [0.25, 0.3) is 0 Å². The molecule has 1 saturated heterocycles. The first kappa shape index (κ1) is 26.3. The number of ether oxygens (including phenoxy) is 4. The fourth-order valence-electron chi connectivity index (χ4n) is 9.01. The van der Waals surface area contributed by atoms with Gasteiger partial charge in [-0.1, -0.05) is 45.4 Å². The molecule has 0 aromatic heterocycles. The number of carbonyl (C=O) groups is 2. The average molecular weight is 535 g/mol. The Bertz CT molecular complexity index is 932. The molecule has 0 N–H and O–H groups in total. The van der Waals surface area contributed by atoms with Crippen LogP contribution in [-0.4, -0.2) is 60.7 Å². The molecule has 6 nitrogen and oxygen atoms in total. The summed E-state index contributed by atoms with van der Waals surface area (Å²) in [6.45, 7) is 1.97. The van der Waals surface area contributed by atoms with Gasteiger partial charge in [-0.05, 0) is 37.5 Å². The Balaban J connectivity index is 1.42. The van der Waals surface area contributed by atoms with Crippen molar-refractivity contribution >= 4 is 23.2 Å². The molecule has 0 aromatic rings. The van der Waals surface area contributed by atoms with E-state index in [2.05, 4.69) is 0 Å². The Morgan fingerprint density at radius 1 is 0.892 bits per heavy atom. The third-order valence-corrected chi connectivity index (χ3v) is 11.5. The van der Waals surface area contributed by atoms with E-state index >= 15 is 0 Å². The van der Waals surface area contributed by atoms with Crippen LogP contribution in [0.3, 0.4) is 0 Å². The monoisotopic (exact) mass is 534 g/mol. The molecule has 206 valence electrons. The molecule has 6 rings (SSSR count). The first-order chi connectivity index (χ1) is 17.9. The molecule has 3 saturated carbocycles. The summed E-state index contributed by atoms with van der Waals surface area (Å²) in [5, 5.41) is -0.471. The van der Waals surface area contributed by atoms with Crippen LogP contribution >= 0.6 is 11.6 Å². The zero-order valence-corrected chi connectivity index (χ0v) is 23.4. The number of fused-ring (bicyclic) bond motifs is 2. The summed E-state index contributed by atoms with van der Waals surface area (Å²) < 4.78 is 25.6. The lowest BCUT2D eigenvalue weighted by molar-refractivity contribution is -0.162. The number of Topliss-reactive ketones (excluding diaryl/α,β-unsaturated/α-hetero) is 2. The number of methoxy groups -OCH3 is 2. The highest BCUT2D eigenvalue weighted by molar-refractivity contribution is 6.22. The predicted molar refractivity (Wildman–Crippen MR) is 139 cm³/mol. The maximum atomic E-state index is 14.5. The quantitative estimate of drug-likeness (QED) is 0.441. The van der Waals surface area contributed by atoms with Gasteiger partial charge in [0, 0.05) is 45.0 Å². The number of halogens is 1. The summed E-state index contributed by atoms with van der Waals surface area (Å²) >= 11 is 6.91. The van der Waals surface area contributed by atoms with E-state index in [1.54, 1.807) is 14.2 Å². The van der Waals surface area contributed by atoms with Gasteiger partial charge in [-0.2, -0.15) is 0 Å². The molecular formula is C30H43ClO6. The summed E-state index contributed by atoms with van der Waals surface area (Å²) in [6, 6.07) is 0. The van der Waals surface area contributed by atoms with Crippen molar-refractivity contribution in [3.63, 3.8) is 0 Å². The fourth-order valence-corrected chi connectivity index (χ4v) is 9.42. The second-order valence-corrected chi connectivity index (χ2v) is 13.2. The Morgan fingerprint density at radius 3 is 2.05 bits per heavy atom. The minimum Gasteiger partial charge on any atom is -0.487 e. The summed E-state index contributed by atoms with van der Waals surface area (Å²) in [7, 11) is 3.29. The molecule has 37 heavy (non-hydrogen) atoms. The molecule has 2 aliphatic heterocycles. The number of ketones is 2. The minimum absolute atomic E-state index is 0.0138. The van der Waals surface area contributed by atoms with E-state index in [4.69, 9.17) is 30.5 Å². The van der Waals surface area contributed by atoms with Crippen molar-refractivity contribution in [3.8, 4) is 0 Å². The zero-order chi connectivity index (χ0) is 25.9. The molecule has 5 unspecified atom stereocenters. The van der Waals surface area contributed by atoms with Crippen LogP contribution < -0.4 is 0 Å². The maximum Gasteiger partial charge on any atom is 0.187 e. The number of carbonyl (C=O) groups excluding carboxylic acids is 2. The van der Waals surface area contributed by atoms with Crippen LogP contribution in [0.2, 0.25) is 0 Å². The van der Waals surface area contributed by atoms with Gasteiger partial charge in [0.1, 0.15) is 11.4 Å². The van der Waals surface area contributed by atoms with Crippen molar-refractivity contribution in [1.82, 2.24) is 0 Å². The summed E-state index contributed by atoms with van der Waals surface area (Å²) in [5.41, 5.74) is -0.938. The van der Waals surface area contributed by atoms with E-state index in [0.717, 1.165) is 31.3 Å². The van der Waals surface area contributed by atoms with Gasteiger partial charge in [0.25, 0.3) is 0 Å². The highest BCUT2D eigenvalue weighted by Crippen LogP contribution is 2.61. The van der Waals surface area contributed by atoms with Gasteiger partial charge < -0.3 is 18.9 Å². The zero-order valence-electron chi connectivity index (χ0n) is 22.6. The third-order valence-electron chi connectivity index (χ3n) is 11.0. The fraction of sp³-hybridized carbons (Fsp3) is 0.867. The first-order valence-electron chi connectivity index (χ1n) is 14.7. The number of hydrogen-bond donors (Lipinski definition) is 0. The van der Waals surface area contributed by atoms with Crippen LogP contribution in [-0.2, 0) is 28.5 Å². The largest absolute Gasteiger partial charge is 0.487 e. The second-order valence-electron chi connectivity index (χ2n) is 12.7. The van der Waals surface area contributed by atoms with E-state index in [9.17, 15) is 9.59 Å². The lowest BCUT2D eigenvalue weighted by atomic mass is 9.64. The van der Waals surface area contributed by atoms with E-state index in [1.807, 2.05) is 6.92 Å². The number of hydrogen-bond acceptors (Lipinski definition) is 6. The molecule has 7 heteroatoms. The van der Waals surface area contributed by atoms with Crippen molar-refractivity contribution in [2.24, 2.45) is 23.7 Å². The summed E-state index contributed by atoms with van der Waals surface area (Å²) in [5.74, 6) is 0.686. The Kier molecular flexibility index (Phi) is 7.04. The molecule has 0 amide bonds. The molecular weight excluding hydrogens is 492 g/mol. The van der Waals surface area contributed by atoms with Crippen molar-refractivity contribution in [1.29, 1.82) is 0 Å². The lowest BCUT2D eigenvalue weighted by Gasteiger charge is -2.47. The Labute approximate surface area is 226 Å². The van der Waals surface area contributed by atoms with E-state index in [0.29, 0.717) is 36.9 Å². The van der Waals surface area contributed by atoms with Crippen LogP contribution in [0.15, 0.2) is 11.3 Å². The van der Waals surface area contributed by atoms with Gasteiger partial charge >= 0.3 is 0 Å². The topological polar surface area (TPSA) is 71.1 Å². The highest BCUT2D eigenvalue weighted by atomic mass is 35.5. The van der Waals surface area contributed by atoms with Crippen LogP contribution in [0.1, 0.15) is 90.4 Å². The Morgan fingerprint density at radius 2 is 1.49 bits per heavy atom. The molecule has 0 aromatic carbocycles. The predicted octanol–water partition coefficient (Wildman–Crippen LogP) is 5.53. The van der Waals surface area contributed by atoms with Crippen molar-refractivity contribution in [2.45, 2.75) is 125 Å². The van der Waals surface area contributed by atoms with Crippen molar-refractivity contribution in [2.75, 3.05) is 14.2 Å². The smallest absolute Gasteiger partial charge is 0.187 e. The Hall–Kier alpha value is -0.950. The lowest BCUT2D eigenvalue weighted by Crippen LogP contribution is -2.53. The maximum absolute atomic E-state index is 14.5. The molecule has 1 spiro atoms. The van der Waals surface area contributed by atoms with Crippen LogP contribution in [0, 0.1) is 23.7 Å². The van der Waals surface area contributed by atoms with Crippen LogP contribution in [0.5, 0.6) is 0 Å². The molecule has 7 atom stereocenters. The summed E-state index contributed by atoms with van der Waals surface area (Å²) in [6.07, 6.45) is 12.3. The second kappa shape index (κ2) is 9.91. The molecule has 4 fully saturated rings. The van der Waals surface area contributed by atoms with Gasteiger partial charge in [-0.25, -0.2) is 0 Å². The molecule has 2 heterocycles. The van der Waals surface area contributed by atoms with Gasteiger partial charge in [0.05, 0.1) is 29.6 Å². The average Bonchev–Trinajstić information content (AvgIpc) is 3.49. The normalized spacial score (nSPS) is 42.7.